The molecule has 0 heterocycles. The van der Waals surface area contributed by atoms with Crippen LogP contribution in [-0.4, -0.2) is 33.6 Å². The molecule has 0 spiro atoms. The van der Waals surface area contributed by atoms with Gasteiger partial charge >= 0.3 is 0 Å². The normalized spacial score (nSPS) is 14.9. The van der Waals surface area contributed by atoms with E-state index in [4.69, 9.17) is 4.74 Å². The van der Waals surface area contributed by atoms with Crippen molar-refractivity contribution >= 4 is 9.84 Å². The molecule has 1 aromatic carbocycles. The van der Waals surface area contributed by atoms with E-state index >= 15 is 0 Å². The van der Waals surface area contributed by atoms with Gasteiger partial charge in [-0.3, -0.25) is 0 Å². The van der Waals surface area contributed by atoms with E-state index < -0.39 is 15.1 Å². The molecule has 1 N–H and O–H groups in total. The summed E-state index contributed by atoms with van der Waals surface area (Å²) in [5.41, 5.74) is 0.886. The van der Waals surface area contributed by atoms with Crippen molar-refractivity contribution in [3.63, 3.8) is 0 Å². The summed E-state index contributed by atoms with van der Waals surface area (Å²) in [7, 11) is -1.35. The van der Waals surface area contributed by atoms with Crippen LogP contribution in [0.5, 0.6) is 5.75 Å². The first-order chi connectivity index (χ1) is 8.91. The summed E-state index contributed by atoms with van der Waals surface area (Å²) in [4.78, 5) is 0. The van der Waals surface area contributed by atoms with Crippen LogP contribution >= 0.6 is 0 Å². The Balaban J connectivity index is 3.11. The molecule has 0 aliphatic rings. The lowest BCUT2D eigenvalue weighted by Gasteiger charge is -2.24. The van der Waals surface area contributed by atoms with Gasteiger partial charge in [0.05, 0.1) is 17.9 Å². The van der Waals surface area contributed by atoms with Gasteiger partial charge in [-0.2, -0.15) is 0 Å². The van der Waals surface area contributed by atoms with Gasteiger partial charge in [0, 0.05) is 11.8 Å². The fourth-order valence-electron chi connectivity index (χ4n) is 1.97. The van der Waals surface area contributed by atoms with E-state index in [1.54, 1.807) is 14.0 Å². The molecule has 0 radical (unpaired) electrons. The highest BCUT2D eigenvalue weighted by molar-refractivity contribution is 7.91. The third-order valence-electron chi connectivity index (χ3n) is 3.17. The highest BCUT2D eigenvalue weighted by Crippen LogP contribution is 2.29. The number of para-hydroxylation sites is 1. The number of sulfone groups is 1. The predicted molar refractivity (Wildman–Crippen MR) is 78.3 cm³/mol. The second-order valence-corrected chi connectivity index (χ2v) is 7.09. The number of nitrogens with one attached hydrogen (secondary N) is 1. The van der Waals surface area contributed by atoms with Crippen molar-refractivity contribution in [2.24, 2.45) is 0 Å². The van der Waals surface area contributed by atoms with Crippen molar-refractivity contribution < 1.29 is 13.2 Å². The van der Waals surface area contributed by atoms with Crippen LogP contribution in [0.15, 0.2) is 24.3 Å². The van der Waals surface area contributed by atoms with Crippen LogP contribution in [0.4, 0.5) is 0 Å². The molecule has 1 rings (SSSR count). The van der Waals surface area contributed by atoms with Crippen molar-refractivity contribution in [1.82, 2.24) is 5.32 Å². The molecular weight excluding hydrogens is 262 g/mol. The van der Waals surface area contributed by atoms with Gasteiger partial charge in [-0.05, 0) is 26.5 Å². The van der Waals surface area contributed by atoms with E-state index in [1.807, 2.05) is 31.2 Å². The van der Waals surface area contributed by atoms with Crippen molar-refractivity contribution in [3.05, 3.63) is 29.8 Å². The lowest BCUT2D eigenvalue weighted by atomic mass is 10.0. The van der Waals surface area contributed by atoms with E-state index in [0.29, 0.717) is 6.61 Å². The largest absolute Gasteiger partial charge is 0.493 e. The molecule has 5 heteroatoms. The lowest BCUT2D eigenvalue weighted by molar-refractivity contribution is 0.310. The monoisotopic (exact) mass is 285 g/mol. The molecule has 2 unspecified atom stereocenters. The summed E-state index contributed by atoms with van der Waals surface area (Å²) in [5, 5.41) is 2.57. The highest BCUT2D eigenvalue weighted by atomic mass is 32.2. The second-order valence-electron chi connectivity index (χ2n) is 4.69. The number of ether oxygens (including phenoxy) is 1. The standard InChI is InChI=1S/C14H23NO3S/c1-5-10-18-13-9-7-6-8-12(13)14(15-3)11(2)19(4,16)17/h6-9,11,14-15H,5,10H2,1-4H3. The molecule has 0 aliphatic heterocycles. The minimum absolute atomic E-state index is 0.275. The zero-order valence-electron chi connectivity index (χ0n) is 12.0. The third-order valence-corrected chi connectivity index (χ3v) is 4.79. The first-order valence-electron chi connectivity index (χ1n) is 6.49. The van der Waals surface area contributed by atoms with Gasteiger partial charge < -0.3 is 10.1 Å². The molecule has 1 aromatic rings. The summed E-state index contributed by atoms with van der Waals surface area (Å²) in [6.45, 7) is 4.38. The van der Waals surface area contributed by atoms with Gasteiger partial charge in [0.25, 0.3) is 0 Å². The van der Waals surface area contributed by atoms with Gasteiger partial charge in [0.2, 0.25) is 0 Å². The minimum Gasteiger partial charge on any atom is -0.493 e. The molecule has 0 saturated heterocycles. The molecule has 108 valence electrons. The number of hydrogen-bond acceptors (Lipinski definition) is 4. The quantitative estimate of drug-likeness (QED) is 0.834. The molecule has 0 bridgehead atoms. The van der Waals surface area contributed by atoms with E-state index in [2.05, 4.69) is 5.32 Å². The van der Waals surface area contributed by atoms with Crippen LogP contribution in [0.25, 0.3) is 0 Å². The molecular formula is C14H23NO3S. The zero-order chi connectivity index (χ0) is 14.5. The summed E-state index contributed by atoms with van der Waals surface area (Å²) in [5.74, 6) is 0.749. The molecule has 0 aliphatic carbocycles. The maximum atomic E-state index is 11.7. The van der Waals surface area contributed by atoms with E-state index in [1.165, 1.54) is 6.26 Å². The van der Waals surface area contributed by atoms with E-state index in [0.717, 1.165) is 17.7 Å². The van der Waals surface area contributed by atoms with Crippen LogP contribution in [0.3, 0.4) is 0 Å². The first-order valence-corrected chi connectivity index (χ1v) is 8.45. The topological polar surface area (TPSA) is 55.4 Å². The summed E-state index contributed by atoms with van der Waals surface area (Å²) in [6.07, 6.45) is 2.18. The fraction of sp³-hybridized carbons (Fsp3) is 0.571. The van der Waals surface area contributed by atoms with Crippen LogP contribution in [0.1, 0.15) is 31.9 Å². The SMILES string of the molecule is CCCOc1ccccc1C(NC)C(C)S(C)(=O)=O. The van der Waals surface area contributed by atoms with Crippen LogP contribution in [0.2, 0.25) is 0 Å². The number of benzene rings is 1. The first kappa shape index (κ1) is 16.0. The maximum absolute atomic E-state index is 11.7. The number of hydrogen-bond donors (Lipinski definition) is 1. The van der Waals surface area contributed by atoms with Crippen molar-refractivity contribution in [1.29, 1.82) is 0 Å². The van der Waals surface area contributed by atoms with Crippen molar-refractivity contribution in [3.8, 4) is 5.75 Å². The Hall–Kier alpha value is -1.07. The van der Waals surface area contributed by atoms with Gasteiger partial charge in [0.1, 0.15) is 5.75 Å². The molecule has 2 atom stereocenters. The molecule has 4 nitrogen and oxygen atoms in total. The maximum Gasteiger partial charge on any atom is 0.151 e. The summed E-state index contributed by atoms with van der Waals surface area (Å²) >= 11 is 0. The lowest BCUT2D eigenvalue weighted by Crippen LogP contribution is -2.33. The van der Waals surface area contributed by atoms with E-state index in [9.17, 15) is 8.42 Å². The predicted octanol–water partition coefficient (Wildman–Crippen LogP) is 2.17. The highest BCUT2D eigenvalue weighted by Gasteiger charge is 2.28. The Kier molecular flexibility index (Phi) is 5.82. The number of rotatable bonds is 7. The average molecular weight is 285 g/mol. The van der Waals surface area contributed by atoms with Crippen molar-refractivity contribution in [2.45, 2.75) is 31.6 Å². The Bertz CT molecular complexity index is 499. The van der Waals surface area contributed by atoms with Gasteiger partial charge in [-0.1, -0.05) is 25.1 Å². The van der Waals surface area contributed by atoms with E-state index in [-0.39, 0.29) is 6.04 Å². The molecule has 0 aromatic heterocycles. The summed E-state index contributed by atoms with van der Waals surface area (Å²) < 4.78 is 29.2. The van der Waals surface area contributed by atoms with Crippen LogP contribution in [0, 0.1) is 0 Å². The molecule has 19 heavy (non-hydrogen) atoms. The second kappa shape index (κ2) is 6.91. The average Bonchev–Trinajstić information content (AvgIpc) is 2.37. The Labute approximate surface area is 116 Å². The Morgan fingerprint density at radius 3 is 2.47 bits per heavy atom. The zero-order valence-corrected chi connectivity index (χ0v) is 12.8. The smallest absolute Gasteiger partial charge is 0.151 e. The minimum atomic E-state index is -3.12. The Morgan fingerprint density at radius 1 is 1.32 bits per heavy atom. The van der Waals surface area contributed by atoms with Crippen molar-refractivity contribution in [2.75, 3.05) is 19.9 Å². The van der Waals surface area contributed by atoms with Crippen LogP contribution in [-0.2, 0) is 9.84 Å². The molecule has 0 saturated carbocycles. The van der Waals surface area contributed by atoms with Gasteiger partial charge in [-0.15, -0.1) is 0 Å². The van der Waals surface area contributed by atoms with Gasteiger partial charge in [0.15, 0.2) is 9.84 Å². The Morgan fingerprint density at radius 2 is 1.95 bits per heavy atom. The van der Waals surface area contributed by atoms with Crippen LogP contribution < -0.4 is 10.1 Å². The van der Waals surface area contributed by atoms with Gasteiger partial charge in [-0.25, -0.2) is 8.42 Å². The third kappa shape index (κ3) is 4.21. The molecule has 0 fully saturated rings. The fourth-order valence-corrected chi connectivity index (χ4v) is 2.75. The molecule has 0 amide bonds. The summed E-state index contributed by atoms with van der Waals surface area (Å²) in [6, 6.07) is 7.31.